The summed E-state index contributed by atoms with van der Waals surface area (Å²) in [4.78, 5) is 21.8. The molecule has 0 aromatic heterocycles. The van der Waals surface area contributed by atoms with Gasteiger partial charge in [0, 0.05) is 0 Å². The Labute approximate surface area is 121 Å². The van der Waals surface area contributed by atoms with Crippen molar-refractivity contribution in [2.75, 3.05) is 13.2 Å². The van der Waals surface area contributed by atoms with E-state index in [9.17, 15) is 9.59 Å². The van der Waals surface area contributed by atoms with E-state index in [0.29, 0.717) is 5.75 Å². The van der Waals surface area contributed by atoms with E-state index >= 15 is 0 Å². The van der Waals surface area contributed by atoms with E-state index in [1.165, 1.54) is 0 Å². The molecule has 0 saturated carbocycles. The lowest BCUT2D eigenvalue weighted by atomic mass is 10.2. The first-order valence-corrected chi connectivity index (χ1v) is 6.62. The van der Waals surface area contributed by atoms with Crippen LogP contribution in [0.15, 0.2) is 21.1 Å². The molecule has 3 N–H and O–H groups in total. The molecule has 1 aromatic carbocycles. The van der Waals surface area contributed by atoms with Crippen molar-refractivity contribution in [3.05, 3.63) is 26.6 Å². The van der Waals surface area contributed by atoms with Crippen LogP contribution in [0.5, 0.6) is 5.75 Å². The van der Waals surface area contributed by atoms with E-state index in [1.807, 2.05) is 19.1 Å². The Morgan fingerprint density at radius 3 is 2.39 bits per heavy atom. The number of carbonyl (C=O) groups is 2. The highest BCUT2D eigenvalue weighted by atomic mass is 79.9. The van der Waals surface area contributed by atoms with E-state index < -0.39 is 11.8 Å². The number of rotatable bonds is 5. The van der Waals surface area contributed by atoms with Crippen LogP contribution in [0.4, 0.5) is 0 Å². The molecule has 0 bridgehead atoms. The first-order chi connectivity index (χ1) is 8.40. The quantitative estimate of drug-likeness (QED) is 0.813. The summed E-state index contributed by atoms with van der Waals surface area (Å²) in [5, 5.41) is 2.33. The summed E-state index contributed by atoms with van der Waals surface area (Å²) >= 11 is 6.70. The number of carbonyl (C=O) groups excluding carboxylic acids is 2. The zero-order valence-corrected chi connectivity index (χ0v) is 12.8. The minimum Gasteiger partial charge on any atom is -0.481 e. The highest BCUT2D eigenvalue weighted by molar-refractivity contribution is 9.11. The lowest BCUT2D eigenvalue weighted by Crippen LogP contribution is -2.36. The Morgan fingerprint density at radius 2 is 1.89 bits per heavy atom. The molecule has 1 aromatic rings. The molecule has 0 atom stereocenters. The van der Waals surface area contributed by atoms with Crippen LogP contribution in [0, 0.1) is 6.92 Å². The van der Waals surface area contributed by atoms with Gasteiger partial charge in [0.1, 0.15) is 5.75 Å². The second-order valence-corrected chi connectivity index (χ2v) is 5.30. The van der Waals surface area contributed by atoms with Gasteiger partial charge in [-0.25, -0.2) is 0 Å². The summed E-state index contributed by atoms with van der Waals surface area (Å²) in [5.74, 6) is -0.468. The van der Waals surface area contributed by atoms with Crippen molar-refractivity contribution in [1.82, 2.24) is 5.32 Å². The molecule has 0 heterocycles. The summed E-state index contributed by atoms with van der Waals surface area (Å²) in [6.45, 7) is 1.56. The minimum absolute atomic E-state index is 0.187. The van der Waals surface area contributed by atoms with Crippen LogP contribution in [0.1, 0.15) is 5.56 Å². The van der Waals surface area contributed by atoms with Crippen LogP contribution >= 0.6 is 31.9 Å². The molecule has 1 rings (SSSR count). The predicted molar refractivity (Wildman–Crippen MR) is 74.3 cm³/mol. The van der Waals surface area contributed by atoms with Gasteiger partial charge in [-0.15, -0.1) is 0 Å². The molecule has 18 heavy (non-hydrogen) atoms. The Balaban J connectivity index is 2.58. The van der Waals surface area contributed by atoms with Gasteiger partial charge in [-0.1, -0.05) is 0 Å². The molecule has 0 saturated heterocycles. The summed E-state index contributed by atoms with van der Waals surface area (Å²) in [5.41, 5.74) is 5.96. The Morgan fingerprint density at radius 1 is 1.33 bits per heavy atom. The van der Waals surface area contributed by atoms with Crippen molar-refractivity contribution in [2.24, 2.45) is 5.73 Å². The van der Waals surface area contributed by atoms with Gasteiger partial charge in [0.05, 0.1) is 15.5 Å². The van der Waals surface area contributed by atoms with E-state index in [-0.39, 0.29) is 13.2 Å². The maximum Gasteiger partial charge on any atom is 0.258 e. The Kier molecular flexibility index (Phi) is 5.61. The van der Waals surface area contributed by atoms with Gasteiger partial charge in [-0.2, -0.15) is 0 Å². The third-order valence-electron chi connectivity index (χ3n) is 1.95. The smallest absolute Gasteiger partial charge is 0.258 e. The molecule has 0 aliphatic carbocycles. The van der Waals surface area contributed by atoms with Gasteiger partial charge < -0.3 is 15.8 Å². The molecule has 0 spiro atoms. The fourth-order valence-electron chi connectivity index (χ4n) is 1.20. The van der Waals surface area contributed by atoms with Crippen LogP contribution in [0.25, 0.3) is 0 Å². The van der Waals surface area contributed by atoms with E-state index in [0.717, 1.165) is 14.5 Å². The number of nitrogens with one attached hydrogen (secondary N) is 1. The Hall–Kier alpha value is -1.08. The van der Waals surface area contributed by atoms with Gasteiger partial charge in [0.25, 0.3) is 5.91 Å². The zero-order valence-electron chi connectivity index (χ0n) is 9.63. The molecule has 98 valence electrons. The molecule has 7 heteroatoms. The first kappa shape index (κ1) is 15.0. The largest absolute Gasteiger partial charge is 0.481 e. The molecule has 0 aliphatic heterocycles. The second-order valence-electron chi connectivity index (χ2n) is 3.59. The standard InChI is InChI=1S/C11H12Br2N2O3/c1-6-2-7(12)11(8(13)3-6)18-5-10(17)15-4-9(14)16/h2-3H,4-5H2,1H3,(H2,14,16)(H,15,17). The average molecular weight is 380 g/mol. The minimum atomic E-state index is -0.596. The van der Waals surface area contributed by atoms with Crippen LogP contribution in [-0.2, 0) is 9.59 Å². The number of halogens is 2. The third-order valence-corrected chi connectivity index (χ3v) is 3.13. The predicted octanol–water partition coefficient (Wildman–Crippen LogP) is 1.50. The number of hydrogen-bond donors (Lipinski definition) is 2. The molecule has 5 nitrogen and oxygen atoms in total. The molecular formula is C11H12Br2N2O3. The number of nitrogens with two attached hydrogens (primary N) is 1. The van der Waals surface area contributed by atoms with Crippen LogP contribution in [-0.4, -0.2) is 25.0 Å². The van der Waals surface area contributed by atoms with E-state index in [2.05, 4.69) is 37.2 Å². The van der Waals surface area contributed by atoms with Crippen molar-refractivity contribution in [3.8, 4) is 5.75 Å². The molecule has 0 fully saturated rings. The summed E-state index contributed by atoms with van der Waals surface area (Å²) in [6.07, 6.45) is 0. The number of aryl methyl sites for hydroxylation is 1. The number of amides is 2. The monoisotopic (exact) mass is 378 g/mol. The number of primary amides is 1. The first-order valence-electron chi connectivity index (χ1n) is 5.03. The van der Waals surface area contributed by atoms with Gasteiger partial charge in [0.15, 0.2) is 6.61 Å². The van der Waals surface area contributed by atoms with Gasteiger partial charge in [-0.05, 0) is 56.5 Å². The normalized spacial score (nSPS) is 9.94. The fourth-order valence-corrected chi connectivity index (χ4v) is 2.84. The fraction of sp³-hybridized carbons (Fsp3) is 0.273. The number of hydrogen-bond acceptors (Lipinski definition) is 3. The maximum absolute atomic E-state index is 11.3. The number of benzene rings is 1. The summed E-state index contributed by atoms with van der Waals surface area (Å²) in [6, 6.07) is 3.75. The van der Waals surface area contributed by atoms with E-state index in [4.69, 9.17) is 10.5 Å². The molecule has 0 unspecified atom stereocenters. The summed E-state index contributed by atoms with van der Waals surface area (Å²) < 4.78 is 6.85. The lowest BCUT2D eigenvalue weighted by molar-refractivity contribution is -0.126. The second kappa shape index (κ2) is 6.75. The Bertz CT molecular complexity index is 454. The highest BCUT2D eigenvalue weighted by Crippen LogP contribution is 2.34. The molecular weight excluding hydrogens is 368 g/mol. The van der Waals surface area contributed by atoms with Crippen molar-refractivity contribution in [1.29, 1.82) is 0 Å². The average Bonchev–Trinajstić information content (AvgIpc) is 2.24. The SMILES string of the molecule is Cc1cc(Br)c(OCC(=O)NCC(N)=O)c(Br)c1. The van der Waals surface area contributed by atoms with Crippen molar-refractivity contribution < 1.29 is 14.3 Å². The van der Waals surface area contributed by atoms with E-state index in [1.54, 1.807) is 0 Å². The van der Waals surface area contributed by atoms with Crippen molar-refractivity contribution >= 4 is 43.7 Å². The van der Waals surface area contributed by atoms with Crippen molar-refractivity contribution in [2.45, 2.75) is 6.92 Å². The maximum atomic E-state index is 11.3. The lowest BCUT2D eigenvalue weighted by Gasteiger charge is -2.10. The number of ether oxygens (including phenoxy) is 1. The molecule has 0 aliphatic rings. The zero-order chi connectivity index (χ0) is 13.7. The third kappa shape index (κ3) is 4.66. The van der Waals surface area contributed by atoms with Crippen LogP contribution in [0.3, 0.4) is 0 Å². The van der Waals surface area contributed by atoms with Gasteiger partial charge >= 0.3 is 0 Å². The van der Waals surface area contributed by atoms with Crippen molar-refractivity contribution in [3.63, 3.8) is 0 Å². The van der Waals surface area contributed by atoms with Gasteiger partial charge in [0.2, 0.25) is 5.91 Å². The topological polar surface area (TPSA) is 81.4 Å². The molecule has 0 radical (unpaired) electrons. The summed E-state index contributed by atoms with van der Waals surface area (Å²) in [7, 11) is 0. The molecule has 2 amide bonds. The van der Waals surface area contributed by atoms with Crippen LogP contribution in [0.2, 0.25) is 0 Å². The van der Waals surface area contributed by atoms with Gasteiger partial charge in [-0.3, -0.25) is 9.59 Å². The van der Waals surface area contributed by atoms with Crippen LogP contribution < -0.4 is 15.8 Å². The highest BCUT2D eigenvalue weighted by Gasteiger charge is 2.10.